The van der Waals surface area contributed by atoms with Gasteiger partial charge in [-0.1, -0.05) is 52.4 Å². The molecule has 2 fully saturated rings. The van der Waals surface area contributed by atoms with E-state index in [4.69, 9.17) is 0 Å². The maximum absolute atomic E-state index is 13.6. The number of benzene rings is 1. The lowest BCUT2D eigenvalue weighted by atomic mass is 9.88. The van der Waals surface area contributed by atoms with Crippen molar-refractivity contribution >= 4 is 39.9 Å². The molecule has 236 valence electrons. The number of carbonyl (C=O) groups excluding carboxylic acids is 2. The average Bonchev–Trinajstić information content (AvgIpc) is 2.93. The predicted molar refractivity (Wildman–Crippen MR) is 169 cm³/mol. The minimum absolute atomic E-state index is 0. The van der Waals surface area contributed by atoms with E-state index in [9.17, 15) is 18.0 Å². The number of likely N-dealkylation sites (N-methyl/N-ethyl adjacent to an activating group) is 1. The summed E-state index contributed by atoms with van der Waals surface area (Å²) in [6.45, 7) is 7.96. The topological polar surface area (TPSA) is 122 Å². The Morgan fingerprint density at radius 1 is 0.829 bits per heavy atom. The summed E-state index contributed by atoms with van der Waals surface area (Å²) in [6.07, 6.45) is 14.1. The lowest BCUT2D eigenvalue weighted by Crippen LogP contribution is -2.49. The maximum Gasteiger partial charge on any atom is 0.253 e. The number of amides is 2. The molecule has 0 unspecified atom stereocenters. The van der Waals surface area contributed by atoms with Crippen LogP contribution in [0.25, 0.3) is 0 Å². The molecule has 2 aliphatic carbocycles. The molecule has 0 spiro atoms. The first kappa shape index (κ1) is 37.1. The van der Waals surface area contributed by atoms with Gasteiger partial charge in [0.05, 0.1) is 6.26 Å². The van der Waals surface area contributed by atoms with E-state index in [-0.39, 0.29) is 29.7 Å². The van der Waals surface area contributed by atoms with Crippen molar-refractivity contribution in [1.29, 1.82) is 0 Å². The Hall–Kier alpha value is -1.88. The largest absolute Gasteiger partial charge is 0.412 e. The van der Waals surface area contributed by atoms with Crippen LogP contribution in [0.2, 0.25) is 0 Å². The number of hydrogen-bond acceptors (Lipinski definition) is 5. The normalized spacial score (nSPS) is 16.4. The third-order valence-electron chi connectivity index (χ3n) is 8.35. The molecule has 0 aromatic heterocycles. The summed E-state index contributed by atoms with van der Waals surface area (Å²) in [7, 11) is -3.38. The van der Waals surface area contributed by atoms with Gasteiger partial charge in [0.15, 0.2) is 0 Å². The third kappa shape index (κ3) is 12.1. The average molecular weight is 617 g/mol. The van der Waals surface area contributed by atoms with Gasteiger partial charge in [-0.2, -0.15) is 0 Å². The zero-order valence-corrected chi connectivity index (χ0v) is 26.9. The quantitative estimate of drug-likeness (QED) is 0.324. The van der Waals surface area contributed by atoms with Gasteiger partial charge in [0.1, 0.15) is 0 Å². The van der Waals surface area contributed by atoms with Gasteiger partial charge in [0.25, 0.3) is 5.91 Å². The number of anilines is 1. The number of halogens is 1. The lowest BCUT2D eigenvalue weighted by molar-refractivity contribution is -0.138. The van der Waals surface area contributed by atoms with Crippen LogP contribution >= 0.6 is 12.4 Å². The third-order valence-corrected chi connectivity index (χ3v) is 8.95. The van der Waals surface area contributed by atoms with Crippen molar-refractivity contribution < 1.29 is 23.5 Å². The fourth-order valence-electron chi connectivity index (χ4n) is 6.17. The second-order valence-electron chi connectivity index (χ2n) is 11.3. The first-order valence-corrected chi connectivity index (χ1v) is 17.0. The van der Waals surface area contributed by atoms with Crippen molar-refractivity contribution in [2.75, 3.05) is 43.7 Å². The van der Waals surface area contributed by atoms with Gasteiger partial charge in [-0.05, 0) is 69.5 Å². The standard InChI is InChI=1S/C30H50N4O4S.ClH.H2O/c1-4-32(5-2)23-24-33(30(36)25-18-20-26(21-19-25)31-39(3,37)38)22-12-17-29(35)34(27-13-8-6-9-14-27)28-15-10-7-11-16-28;;/h18-21,27-28,31H,4-17,22-24H2,1-3H3;1H;1H2. The van der Waals surface area contributed by atoms with Crippen molar-refractivity contribution in [2.45, 2.75) is 103 Å². The zero-order chi connectivity index (χ0) is 28.3. The first-order valence-electron chi connectivity index (χ1n) is 15.1. The molecule has 2 amide bonds. The number of nitrogens with one attached hydrogen (secondary N) is 1. The molecule has 3 rings (SSSR count). The molecule has 0 atom stereocenters. The summed E-state index contributed by atoms with van der Waals surface area (Å²) in [5.41, 5.74) is 0.950. The van der Waals surface area contributed by atoms with E-state index in [1.807, 2.05) is 4.90 Å². The molecule has 3 N–H and O–H groups in total. The number of hydrogen-bond donors (Lipinski definition) is 1. The summed E-state index contributed by atoms with van der Waals surface area (Å²) < 4.78 is 25.5. The number of nitrogens with zero attached hydrogens (tertiary/aromatic N) is 3. The molecular weight excluding hydrogens is 564 g/mol. The first-order chi connectivity index (χ1) is 18.7. The van der Waals surface area contributed by atoms with Crippen molar-refractivity contribution in [3.63, 3.8) is 0 Å². The van der Waals surface area contributed by atoms with Gasteiger partial charge in [-0.25, -0.2) is 8.42 Å². The molecule has 11 heteroatoms. The van der Waals surface area contributed by atoms with Crippen LogP contribution in [-0.2, 0) is 14.8 Å². The highest BCUT2D eigenvalue weighted by molar-refractivity contribution is 7.92. The molecule has 0 aliphatic heterocycles. The summed E-state index contributed by atoms with van der Waals surface area (Å²) in [5.74, 6) is 0.179. The van der Waals surface area contributed by atoms with Crippen LogP contribution in [-0.4, -0.2) is 91.5 Å². The van der Waals surface area contributed by atoms with Crippen molar-refractivity contribution in [3.8, 4) is 0 Å². The minimum atomic E-state index is -3.38. The Morgan fingerprint density at radius 3 is 1.80 bits per heavy atom. The lowest BCUT2D eigenvalue weighted by Gasteiger charge is -2.42. The second kappa shape index (κ2) is 18.6. The molecule has 1 aromatic carbocycles. The highest BCUT2D eigenvalue weighted by Crippen LogP contribution is 2.31. The number of sulfonamides is 1. The van der Waals surface area contributed by atoms with E-state index in [1.54, 1.807) is 24.3 Å². The number of carbonyl (C=O) groups is 2. The Bertz CT molecular complexity index is 990. The van der Waals surface area contributed by atoms with Crippen LogP contribution < -0.4 is 4.72 Å². The van der Waals surface area contributed by atoms with Crippen LogP contribution in [0.5, 0.6) is 0 Å². The molecule has 9 nitrogen and oxygen atoms in total. The van der Waals surface area contributed by atoms with Crippen LogP contribution in [0.1, 0.15) is 101 Å². The van der Waals surface area contributed by atoms with Crippen molar-refractivity contribution in [3.05, 3.63) is 29.8 Å². The molecule has 41 heavy (non-hydrogen) atoms. The Kier molecular flexibility index (Phi) is 16.9. The molecule has 0 radical (unpaired) electrons. The molecule has 1 aromatic rings. The molecule has 0 heterocycles. The smallest absolute Gasteiger partial charge is 0.253 e. The van der Waals surface area contributed by atoms with Gasteiger partial charge in [-0.15, -0.1) is 12.4 Å². The molecular formula is C30H53ClN4O5S. The SMILES string of the molecule is CCN(CC)CCN(CCCC(=O)N(C1CCCCC1)C1CCCCC1)C(=O)c1ccc(NS(C)(=O)=O)cc1.Cl.O. The minimum Gasteiger partial charge on any atom is -0.412 e. The van der Waals surface area contributed by atoms with Crippen LogP contribution in [0, 0.1) is 0 Å². The summed E-state index contributed by atoms with van der Waals surface area (Å²) in [6, 6.07) is 7.33. The van der Waals surface area contributed by atoms with E-state index in [0.29, 0.717) is 49.3 Å². The zero-order valence-electron chi connectivity index (χ0n) is 25.3. The van der Waals surface area contributed by atoms with Gasteiger partial charge < -0.3 is 20.2 Å². The Labute approximate surface area is 254 Å². The van der Waals surface area contributed by atoms with Crippen LogP contribution in [0.3, 0.4) is 0 Å². The Morgan fingerprint density at radius 2 is 1.34 bits per heavy atom. The van der Waals surface area contributed by atoms with E-state index >= 15 is 0 Å². The predicted octanol–water partition coefficient (Wildman–Crippen LogP) is 4.71. The molecule has 0 bridgehead atoms. The van der Waals surface area contributed by atoms with E-state index in [0.717, 1.165) is 51.6 Å². The summed E-state index contributed by atoms with van der Waals surface area (Å²) >= 11 is 0. The maximum atomic E-state index is 13.6. The van der Waals surface area contributed by atoms with Crippen LogP contribution in [0.15, 0.2) is 24.3 Å². The van der Waals surface area contributed by atoms with Crippen LogP contribution in [0.4, 0.5) is 5.69 Å². The van der Waals surface area contributed by atoms with E-state index in [2.05, 4.69) is 28.4 Å². The summed E-state index contributed by atoms with van der Waals surface area (Å²) in [4.78, 5) is 33.6. The summed E-state index contributed by atoms with van der Waals surface area (Å²) in [5, 5.41) is 0. The van der Waals surface area contributed by atoms with E-state index in [1.165, 1.54) is 38.5 Å². The Balaban J connectivity index is 0.00000420. The molecule has 0 saturated heterocycles. The monoisotopic (exact) mass is 616 g/mol. The van der Waals surface area contributed by atoms with E-state index < -0.39 is 10.0 Å². The van der Waals surface area contributed by atoms with Gasteiger partial charge in [-0.3, -0.25) is 14.3 Å². The van der Waals surface area contributed by atoms with Crippen molar-refractivity contribution in [2.24, 2.45) is 0 Å². The fraction of sp³-hybridized carbons (Fsp3) is 0.733. The highest BCUT2D eigenvalue weighted by Gasteiger charge is 2.32. The van der Waals surface area contributed by atoms with Crippen molar-refractivity contribution in [1.82, 2.24) is 14.7 Å². The number of rotatable bonds is 14. The molecule has 2 aliphatic rings. The fourth-order valence-corrected chi connectivity index (χ4v) is 6.73. The second-order valence-corrected chi connectivity index (χ2v) is 13.0. The molecule has 2 saturated carbocycles. The van der Waals surface area contributed by atoms with Gasteiger partial charge in [0.2, 0.25) is 15.9 Å². The van der Waals surface area contributed by atoms with Gasteiger partial charge in [0, 0.05) is 49.4 Å². The van der Waals surface area contributed by atoms with Gasteiger partial charge >= 0.3 is 0 Å². The highest BCUT2D eigenvalue weighted by atomic mass is 35.5.